The van der Waals surface area contributed by atoms with Crippen LogP contribution in [0.25, 0.3) is 11.1 Å². The van der Waals surface area contributed by atoms with Crippen molar-refractivity contribution in [3.8, 4) is 11.1 Å². The van der Waals surface area contributed by atoms with Crippen molar-refractivity contribution in [2.75, 3.05) is 16.0 Å². The van der Waals surface area contributed by atoms with Crippen LogP contribution in [-0.2, 0) is 4.79 Å². The van der Waals surface area contributed by atoms with Gasteiger partial charge >= 0.3 is 0 Å². The summed E-state index contributed by atoms with van der Waals surface area (Å²) < 4.78 is 0. The minimum absolute atomic E-state index is 0. The molecule has 0 aliphatic carbocycles. The number of hydrogen-bond donors (Lipinski definition) is 2. The Balaban J connectivity index is 0.00000240. The van der Waals surface area contributed by atoms with E-state index in [1.807, 2.05) is 41.3 Å². The summed E-state index contributed by atoms with van der Waals surface area (Å²) in [6, 6.07) is 20.4. The number of aromatic nitrogens is 1. The van der Waals surface area contributed by atoms with E-state index < -0.39 is 0 Å². The lowest BCUT2D eigenvalue weighted by molar-refractivity contribution is -0.117. The highest BCUT2D eigenvalue weighted by atomic mass is 35.5. The average molecular weight is 409 g/mol. The van der Waals surface area contributed by atoms with Gasteiger partial charge in [-0.2, -0.15) is 0 Å². The quantitative estimate of drug-likeness (QED) is 0.636. The van der Waals surface area contributed by atoms with Gasteiger partial charge in [0.15, 0.2) is 0 Å². The smallest absolute Gasteiger partial charge is 0.224 e. The first-order chi connectivity index (χ1) is 13.5. The van der Waals surface area contributed by atoms with Gasteiger partial charge in [-0.25, -0.2) is 4.98 Å². The maximum atomic E-state index is 12.3. The van der Waals surface area contributed by atoms with Gasteiger partial charge in [-0.3, -0.25) is 4.79 Å². The van der Waals surface area contributed by atoms with E-state index in [4.69, 9.17) is 5.73 Å². The number of nitrogens with two attached hydrogens (primary N) is 1. The summed E-state index contributed by atoms with van der Waals surface area (Å²) in [6.45, 7) is 3.73. The number of amides is 1. The first-order valence-electron chi connectivity index (χ1n) is 9.50. The molecule has 0 spiro atoms. The molecule has 0 fully saturated rings. The molecule has 0 unspecified atom stereocenters. The fraction of sp³-hybridized carbons (Fsp3) is 0.217. The van der Waals surface area contributed by atoms with Crippen LogP contribution >= 0.6 is 12.4 Å². The molecular formula is C23H25ClN4O. The minimum atomic E-state index is 0. The number of carbonyl (C=O) groups is 1. The molecule has 1 aromatic heterocycles. The highest BCUT2D eigenvalue weighted by molar-refractivity contribution is 5.94. The Labute approximate surface area is 177 Å². The summed E-state index contributed by atoms with van der Waals surface area (Å²) >= 11 is 0. The number of nitrogen functional groups attached to an aromatic ring is 1. The summed E-state index contributed by atoms with van der Waals surface area (Å²) in [7, 11) is 0. The van der Waals surface area contributed by atoms with Crippen LogP contribution in [0.15, 0.2) is 66.9 Å². The Bertz CT molecular complexity index is 992. The molecule has 5 nitrogen and oxygen atoms in total. The Morgan fingerprint density at radius 3 is 2.48 bits per heavy atom. The second-order valence-electron chi connectivity index (χ2n) is 7.28. The van der Waals surface area contributed by atoms with Gasteiger partial charge in [-0.15, -0.1) is 12.4 Å². The molecule has 1 aliphatic rings. The molecule has 2 aromatic carbocycles. The lowest BCUT2D eigenvalue weighted by Crippen LogP contribution is -2.43. The van der Waals surface area contributed by atoms with E-state index in [2.05, 4.69) is 35.4 Å². The highest BCUT2D eigenvalue weighted by Gasteiger charge is 2.32. The highest BCUT2D eigenvalue weighted by Crippen LogP contribution is 2.41. The molecule has 29 heavy (non-hydrogen) atoms. The van der Waals surface area contributed by atoms with E-state index in [0.29, 0.717) is 5.82 Å². The van der Waals surface area contributed by atoms with Crippen LogP contribution in [0.5, 0.6) is 0 Å². The fourth-order valence-electron chi connectivity index (χ4n) is 3.97. The monoisotopic (exact) mass is 408 g/mol. The lowest BCUT2D eigenvalue weighted by Gasteiger charge is -2.39. The number of para-hydroxylation sites is 1. The SMILES string of the molecule is CC(=O)N1c2ccc(-c3ccc(N)nc3)cc2[C@@H](Nc2ccccc2)C[C@H]1C.Cl. The predicted molar refractivity (Wildman–Crippen MR) is 121 cm³/mol. The number of halogens is 1. The number of rotatable bonds is 3. The van der Waals surface area contributed by atoms with E-state index in [9.17, 15) is 4.79 Å². The third kappa shape index (κ3) is 4.20. The molecule has 150 valence electrons. The number of anilines is 3. The predicted octanol–water partition coefficient (Wildman–Crippen LogP) is 5.05. The Morgan fingerprint density at radius 1 is 1.10 bits per heavy atom. The van der Waals surface area contributed by atoms with Crippen molar-refractivity contribution < 1.29 is 4.79 Å². The van der Waals surface area contributed by atoms with Crippen LogP contribution < -0.4 is 16.0 Å². The molecule has 1 amide bonds. The van der Waals surface area contributed by atoms with Crippen molar-refractivity contribution >= 4 is 35.5 Å². The van der Waals surface area contributed by atoms with Gasteiger partial charge in [-0.1, -0.05) is 24.3 Å². The zero-order valence-corrected chi connectivity index (χ0v) is 17.3. The largest absolute Gasteiger partial charge is 0.384 e. The molecule has 3 N–H and O–H groups in total. The Hall–Kier alpha value is -3.05. The van der Waals surface area contributed by atoms with Gasteiger partial charge in [0, 0.05) is 36.1 Å². The van der Waals surface area contributed by atoms with Crippen molar-refractivity contribution in [2.45, 2.75) is 32.4 Å². The molecule has 0 radical (unpaired) electrons. The van der Waals surface area contributed by atoms with Gasteiger partial charge in [0.2, 0.25) is 5.91 Å². The molecule has 4 rings (SSSR count). The topological polar surface area (TPSA) is 71.2 Å². The Morgan fingerprint density at radius 2 is 1.83 bits per heavy atom. The van der Waals surface area contributed by atoms with Crippen molar-refractivity contribution in [1.29, 1.82) is 0 Å². The molecule has 3 aromatic rings. The maximum absolute atomic E-state index is 12.3. The summed E-state index contributed by atoms with van der Waals surface area (Å²) in [5.74, 6) is 0.565. The second kappa shape index (κ2) is 8.53. The van der Waals surface area contributed by atoms with E-state index in [-0.39, 0.29) is 30.4 Å². The maximum Gasteiger partial charge on any atom is 0.224 e. The number of nitrogens with one attached hydrogen (secondary N) is 1. The molecule has 2 atom stereocenters. The van der Waals surface area contributed by atoms with Crippen LogP contribution in [0.1, 0.15) is 31.9 Å². The van der Waals surface area contributed by atoms with Crippen LogP contribution in [0.3, 0.4) is 0 Å². The van der Waals surface area contributed by atoms with Gasteiger partial charge in [0.05, 0.1) is 6.04 Å². The number of benzene rings is 2. The first kappa shape index (κ1) is 20.7. The molecule has 0 saturated carbocycles. The normalized spacial score (nSPS) is 17.8. The number of carbonyl (C=O) groups excluding carboxylic acids is 1. The van der Waals surface area contributed by atoms with Gasteiger partial charge < -0.3 is 16.0 Å². The molecule has 2 heterocycles. The lowest BCUT2D eigenvalue weighted by atomic mass is 9.89. The molecule has 6 heteroatoms. The van der Waals surface area contributed by atoms with E-state index in [0.717, 1.165) is 34.5 Å². The number of hydrogen-bond acceptors (Lipinski definition) is 4. The molecule has 0 bridgehead atoms. The van der Waals surface area contributed by atoms with E-state index in [1.165, 1.54) is 0 Å². The Kier molecular flexibility index (Phi) is 6.09. The average Bonchev–Trinajstić information content (AvgIpc) is 2.69. The van der Waals surface area contributed by atoms with Crippen molar-refractivity contribution in [2.24, 2.45) is 0 Å². The van der Waals surface area contributed by atoms with E-state index >= 15 is 0 Å². The van der Waals surface area contributed by atoms with Crippen LogP contribution in [-0.4, -0.2) is 16.9 Å². The van der Waals surface area contributed by atoms with Crippen molar-refractivity contribution in [3.05, 3.63) is 72.4 Å². The van der Waals surface area contributed by atoms with Crippen LogP contribution in [0.2, 0.25) is 0 Å². The van der Waals surface area contributed by atoms with Gasteiger partial charge in [0.25, 0.3) is 0 Å². The standard InChI is InChI=1S/C23H24N4O.ClH/c1-15-12-21(26-19-6-4-3-5-7-19)20-13-17(18-9-11-23(24)25-14-18)8-10-22(20)27(15)16(2)28;/h3-11,13-15,21,26H,12H2,1-2H3,(H2,24,25);1H/t15-,21+;/m1./s1. The minimum Gasteiger partial charge on any atom is -0.384 e. The third-order valence-electron chi connectivity index (χ3n) is 5.25. The van der Waals surface area contributed by atoms with Crippen LogP contribution in [0, 0.1) is 0 Å². The summed E-state index contributed by atoms with van der Waals surface area (Å²) in [6.07, 6.45) is 2.62. The third-order valence-corrected chi connectivity index (χ3v) is 5.25. The summed E-state index contributed by atoms with van der Waals surface area (Å²) in [5.41, 5.74) is 10.9. The number of pyridine rings is 1. The number of nitrogens with zero attached hydrogens (tertiary/aromatic N) is 2. The number of fused-ring (bicyclic) bond motifs is 1. The van der Waals surface area contributed by atoms with Crippen LogP contribution in [0.4, 0.5) is 17.2 Å². The molecular weight excluding hydrogens is 384 g/mol. The zero-order chi connectivity index (χ0) is 19.7. The van der Waals surface area contributed by atoms with Gasteiger partial charge in [0.1, 0.15) is 5.82 Å². The van der Waals surface area contributed by atoms with Gasteiger partial charge in [-0.05, 0) is 60.9 Å². The first-order valence-corrected chi connectivity index (χ1v) is 9.50. The molecule has 0 saturated heterocycles. The fourth-order valence-corrected chi connectivity index (χ4v) is 3.97. The molecule has 1 aliphatic heterocycles. The second-order valence-corrected chi connectivity index (χ2v) is 7.28. The zero-order valence-electron chi connectivity index (χ0n) is 16.5. The summed E-state index contributed by atoms with van der Waals surface area (Å²) in [5, 5.41) is 3.64. The summed E-state index contributed by atoms with van der Waals surface area (Å²) in [4.78, 5) is 18.4. The van der Waals surface area contributed by atoms with E-state index in [1.54, 1.807) is 19.2 Å². The van der Waals surface area contributed by atoms with Crippen molar-refractivity contribution in [1.82, 2.24) is 4.98 Å². The van der Waals surface area contributed by atoms with Crippen molar-refractivity contribution in [3.63, 3.8) is 0 Å².